The van der Waals surface area contributed by atoms with Gasteiger partial charge in [-0.3, -0.25) is 0 Å². The first-order chi connectivity index (χ1) is 9.75. The summed E-state index contributed by atoms with van der Waals surface area (Å²) in [5, 5.41) is 4.11. The van der Waals surface area contributed by atoms with E-state index in [2.05, 4.69) is 10.1 Å². The first kappa shape index (κ1) is 13.9. The van der Waals surface area contributed by atoms with Crippen LogP contribution < -0.4 is 5.73 Å². The highest BCUT2D eigenvalue weighted by atomic mass is 16.5. The number of aromatic nitrogens is 2. The fourth-order valence-electron chi connectivity index (χ4n) is 2.80. The van der Waals surface area contributed by atoms with Crippen LogP contribution in [0.25, 0.3) is 0 Å². The van der Waals surface area contributed by atoms with Crippen LogP contribution in [0.1, 0.15) is 36.9 Å². The van der Waals surface area contributed by atoms with E-state index < -0.39 is 5.60 Å². The molecule has 0 bridgehead atoms. The summed E-state index contributed by atoms with van der Waals surface area (Å²) in [6.07, 6.45) is 2.27. The molecule has 2 saturated heterocycles. The van der Waals surface area contributed by atoms with Gasteiger partial charge < -0.3 is 24.5 Å². The molecule has 2 N–H and O–H groups in total. The third kappa shape index (κ3) is 2.46. The van der Waals surface area contributed by atoms with Crippen LogP contribution in [0.5, 0.6) is 0 Å². The largest absolute Gasteiger partial charge is 0.381 e. The molecule has 2 unspecified atom stereocenters. The number of ether oxygens (including phenoxy) is 3. The van der Waals surface area contributed by atoms with Crippen molar-refractivity contribution in [3.05, 3.63) is 11.7 Å². The molecule has 1 aromatic rings. The molecule has 20 heavy (non-hydrogen) atoms. The molecule has 0 aromatic carbocycles. The number of methoxy groups -OCH3 is 1. The average Bonchev–Trinajstić information content (AvgIpc) is 2.98. The predicted molar refractivity (Wildman–Crippen MR) is 69.2 cm³/mol. The van der Waals surface area contributed by atoms with Crippen molar-refractivity contribution in [2.45, 2.75) is 36.8 Å². The van der Waals surface area contributed by atoms with Crippen LogP contribution in [0.15, 0.2) is 4.52 Å². The Kier molecular flexibility index (Phi) is 4.02. The van der Waals surface area contributed by atoms with E-state index in [-0.39, 0.29) is 12.0 Å². The van der Waals surface area contributed by atoms with Gasteiger partial charge in [-0.1, -0.05) is 5.16 Å². The third-order valence-corrected chi connectivity index (χ3v) is 4.27. The monoisotopic (exact) mass is 283 g/mol. The predicted octanol–water partition coefficient (Wildman–Crippen LogP) is 0.553. The number of hydrogen-bond acceptors (Lipinski definition) is 7. The van der Waals surface area contributed by atoms with Crippen LogP contribution in [-0.2, 0) is 19.8 Å². The molecule has 3 heterocycles. The third-order valence-electron chi connectivity index (χ3n) is 4.27. The Morgan fingerprint density at radius 3 is 2.75 bits per heavy atom. The van der Waals surface area contributed by atoms with E-state index in [1.54, 1.807) is 7.11 Å². The summed E-state index contributed by atoms with van der Waals surface area (Å²) in [4.78, 5) is 4.53. The van der Waals surface area contributed by atoms with Gasteiger partial charge in [0.25, 0.3) is 0 Å². The Morgan fingerprint density at radius 1 is 1.25 bits per heavy atom. The second kappa shape index (κ2) is 5.77. The number of nitrogens with two attached hydrogens (primary N) is 1. The van der Waals surface area contributed by atoms with E-state index in [4.69, 9.17) is 24.5 Å². The zero-order valence-corrected chi connectivity index (χ0v) is 11.7. The highest BCUT2D eigenvalue weighted by Crippen LogP contribution is 2.34. The smallest absolute Gasteiger partial charge is 0.233 e. The van der Waals surface area contributed by atoms with Crippen LogP contribution in [-0.4, -0.2) is 49.7 Å². The van der Waals surface area contributed by atoms with Crippen LogP contribution in [0.2, 0.25) is 0 Å². The average molecular weight is 283 g/mol. The molecule has 0 saturated carbocycles. The van der Waals surface area contributed by atoms with Gasteiger partial charge in [0, 0.05) is 45.8 Å². The second-order valence-corrected chi connectivity index (χ2v) is 5.40. The van der Waals surface area contributed by atoms with E-state index in [0.29, 0.717) is 38.1 Å². The van der Waals surface area contributed by atoms with Gasteiger partial charge in [0.1, 0.15) is 5.60 Å². The Bertz CT molecular complexity index is 445. The van der Waals surface area contributed by atoms with Gasteiger partial charge in [-0.05, 0) is 6.42 Å². The zero-order valence-electron chi connectivity index (χ0n) is 11.7. The van der Waals surface area contributed by atoms with Crippen molar-refractivity contribution in [3.8, 4) is 0 Å². The van der Waals surface area contributed by atoms with Crippen LogP contribution in [0, 0.1) is 0 Å². The number of rotatable bonds is 3. The summed E-state index contributed by atoms with van der Waals surface area (Å²) < 4.78 is 21.9. The fraction of sp³-hybridized carbons (Fsp3) is 0.846. The lowest BCUT2D eigenvalue weighted by Crippen LogP contribution is -2.38. The lowest BCUT2D eigenvalue weighted by molar-refractivity contribution is -0.101. The summed E-state index contributed by atoms with van der Waals surface area (Å²) in [6, 6.07) is 0.00485. The summed E-state index contributed by atoms with van der Waals surface area (Å²) in [5.74, 6) is 1.12. The summed E-state index contributed by atoms with van der Waals surface area (Å²) >= 11 is 0. The Balaban J connectivity index is 1.81. The van der Waals surface area contributed by atoms with Crippen molar-refractivity contribution < 1.29 is 18.7 Å². The molecule has 0 radical (unpaired) electrons. The normalized spacial score (nSPS) is 30.3. The van der Waals surface area contributed by atoms with Gasteiger partial charge in [0.2, 0.25) is 11.7 Å². The molecule has 7 nitrogen and oxygen atoms in total. The highest BCUT2D eigenvalue weighted by molar-refractivity contribution is 5.07. The maximum Gasteiger partial charge on any atom is 0.233 e. The maximum atomic E-state index is 6.11. The first-order valence-corrected chi connectivity index (χ1v) is 7.05. The SMILES string of the molecule is COC1(c2noc(C3COCCC3N)n2)CCOCC1. The van der Waals surface area contributed by atoms with Crippen LogP contribution in [0.3, 0.4) is 0 Å². The fourth-order valence-corrected chi connectivity index (χ4v) is 2.80. The molecule has 2 atom stereocenters. The van der Waals surface area contributed by atoms with Crippen molar-refractivity contribution in [2.75, 3.05) is 33.5 Å². The molecule has 112 valence electrons. The molecule has 2 fully saturated rings. The van der Waals surface area contributed by atoms with Gasteiger partial charge in [-0.25, -0.2) is 0 Å². The number of hydrogen-bond donors (Lipinski definition) is 1. The van der Waals surface area contributed by atoms with Gasteiger partial charge in [0.05, 0.1) is 12.5 Å². The Labute approximate surface area is 117 Å². The van der Waals surface area contributed by atoms with E-state index in [0.717, 1.165) is 19.3 Å². The van der Waals surface area contributed by atoms with Crippen LogP contribution in [0.4, 0.5) is 0 Å². The standard InChI is InChI=1S/C13H21N3O4/c1-17-13(3-6-18-7-4-13)12-15-11(20-16-12)9-8-19-5-2-10(9)14/h9-10H,2-8,14H2,1H3. The molecule has 0 spiro atoms. The first-order valence-electron chi connectivity index (χ1n) is 7.05. The van der Waals surface area contributed by atoms with Crippen molar-refractivity contribution in [2.24, 2.45) is 5.73 Å². The molecule has 0 aliphatic carbocycles. The zero-order chi connectivity index (χ0) is 14.0. The molecule has 0 amide bonds. The van der Waals surface area contributed by atoms with Gasteiger partial charge in [0.15, 0.2) is 0 Å². The highest BCUT2D eigenvalue weighted by Gasteiger charge is 2.40. The van der Waals surface area contributed by atoms with Crippen molar-refractivity contribution in [1.29, 1.82) is 0 Å². The quantitative estimate of drug-likeness (QED) is 0.866. The summed E-state index contributed by atoms with van der Waals surface area (Å²) in [5.41, 5.74) is 5.60. The van der Waals surface area contributed by atoms with E-state index >= 15 is 0 Å². The van der Waals surface area contributed by atoms with E-state index in [1.807, 2.05) is 0 Å². The molecule has 1 aromatic heterocycles. The minimum absolute atomic E-state index is 0.00485. The molecule has 7 heteroatoms. The molecular formula is C13H21N3O4. The molecule has 2 aliphatic heterocycles. The molecular weight excluding hydrogens is 262 g/mol. The lowest BCUT2D eigenvalue weighted by atomic mass is 9.93. The maximum absolute atomic E-state index is 6.11. The van der Waals surface area contributed by atoms with Crippen LogP contribution >= 0.6 is 0 Å². The van der Waals surface area contributed by atoms with Crippen molar-refractivity contribution in [3.63, 3.8) is 0 Å². The van der Waals surface area contributed by atoms with E-state index in [9.17, 15) is 0 Å². The Hall–Kier alpha value is -1.02. The molecule has 3 rings (SSSR count). The minimum atomic E-state index is -0.500. The van der Waals surface area contributed by atoms with Crippen molar-refractivity contribution >= 4 is 0 Å². The summed E-state index contributed by atoms with van der Waals surface area (Å²) in [7, 11) is 1.68. The van der Waals surface area contributed by atoms with Gasteiger partial charge >= 0.3 is 0 Å². The van der Waals surface area contributed by atoms with E-state index in [1.165, 1.54) is 0 Å². The topological polar surface area (TPSA) is 92.6 Å². The number of nitrogens with zero attached hydrogens (tertiary/aromatic N) is 2. The molecule has 2 aliphatic rings. The lowest BCUT2D eigenvalue weighted by Gasteiger charge is -2.32. The summed E-state index contributed by atoms with van der Waals surface area (Å²) in [6.45, 7) is 2.51. The van der Waals surface area contributed by atoms with Crippen molar-refractivity contribution in [1.82, 2.24) is 10.1 Å². The Morgan fingerprint density at radius 2 is 2.05 bits per heavy atom. The van der Waals surface area contributed by atoms with Gasteiger partial charge in [-0.15, -0.1) is 0 Å². The minimum Gasteiger partial charge on any atom is -0.381 e. The second-order valence-electron chi connectivity index (χ2n) is 5.40. The van der Waals surface area contributed by atoms with Gasteiger partial charge in [-0.2, -0.15) is 4.98 Å².